The molecule has 0 aromatic carbocycles. The van der Waals surface area contributed by atoms with Crippen LogP contribution in [0.5, 0.6) is 0 Å². The van der Waals surface area contributed by atoms with Crippen molar-refractivity contribution in [1.29, 1.82) is 0 Å². The average Bonchev–Trinajstić information content (AvgIpc) is 2.10. The fourth-order valence-electron chi connectivity index (χ4n) is 0.711. The van der Waals surface area contributed by atoms with E-state index in [1.165, 1.54) is 6.42 Å². The van der Waals surface area contributed by atoms with Crippen molar-refractivity contribution in [2.75, 3.05) is 26.3 Å². The van der Waals surface area contributed by atoms with E-state index in [2.05, 4.69) is 12.2 Å². The number of nitrogens with one attached hydrogen (secondary N) is 1. The third-order valence-electron chi connectivity index (χ3n) is 1.37. The minimum Gasteiger partial charge on any atom is -0.376 e. The lowest BCUT2D eigenvalue weighted by Gasteiger charge is -2.04. The quantitative estimate of drug-likeness (QED) is 0.623. The first-order valence-corrected chi connectivity index (χ1v) is 4.79. The minimum atomic E-state index is 0.636. The lowest BCUT2D eigenvalue weighted by atomic mass is 10.4. The summed E-state index contributed by atoms with van der Waals surface area (Å²) in [5.41, 5.74) is 2.62. The monoisotopic (exact) mass is 191 g/mol. The predicted molar refractivity (Wildman–Crippen MR) is 53.6 cm³/mol. The summed E-state index contributed by atoms with van der Waals surface area (Å²) in [5.74, 6) is 0. The summed E-state index contributed by atoms with van der Waals surface area (Å²) in [6, 6.07) is 0. The van der Waals surface area contributed by atoms with Gasteiger partial charge < -0.3 is 10.1 Å². The maximum absolute atomic E-state index is 5.46. The number of rotatable bonds is 7. The van der Waals surface area contributed by atoms with Crippen LogP contribution in [0, 0.1) is 0 Å². The lowest BCUT2D eigenvalue weighted by Crippen LogP contribution is -2.20. The molecule has 0 atom stereocenters. The van der Waals surface area contributed by atoms with Gasteiger partial charge in [0.15, 0.2) is 0 Å². The Hall–Kier alpha value is -0.0500. The van der Waals surface area contributed by atoms with E-state index in [-0.39, 0.29) is 0 Å². The molecule has 0 aliphatic carbocycles. The first-order chi connectivity index (χ1) is 5.81. The van der Waals surface area contributed by atoms with E-state index in [0.29, 0.717) is 6.61 Å². The van der Waals surface area contributed by atoms with Crippen molar-refractivity contribution in [2.24, 2.45) is 0 Å². The molecule has 72 valence electrons. The highest BCUT2D eigenvalue weighted by atomic mass is 35.5. The number of hydrogen-bond acceptors (Lipinski definition) is 2. The zero-order valence-electron chi connectivity index (χ0n) is 7.90. The average molecular weight is 192 g/mol. The summed E-state index contributed by atoms with van der Waals surface area (Å²) in [5, 5.41) is 3.25. The van der Waals surface area contributed by atoms with E-state index >= 15 is 0 Å². The lowest BCUT2D eigenvalue weighted by molar-refractivity contribution is 0.158. The largest absolute Gasteiger partial charge is 0.376 e. The first kappa shape index (κ1) is 11.9. The Bertz CT molecular complexity index is 126. The second kappa shape index (κ2) is 9.04. The third-order valence-corrected chi connectivity index (χ3v) is 1.74. The van der Waals surface area contributed by atoms with Crippen LogP contribution < -0.4 is 5.32 Å². The highest BCUT2D eigenvalue weighted by Crippen LogP contribution is 1.94. The van der Waals surface area contributed by atoms with Gasteiger partial charge in [-0.1, -0.05) is 18.5 Å². The molecule has 0 heterocycles. The molecular weight excluding hydrogens is 174 g/mol. The molecule has 0 aromatic rings. The van der Waals surface area contributed by atoms with Crippen LogP contribution in [-0.2, 0) is 4.74 Å². The van der Waals surface area contributed by atoms with Crippen LogP contribution in [0.4, 0.5) is 0 Å². The predicted octanol–water partition coefficient (Wildman–Crippen LogP) is 2.15. The molecule has 0 bridgehead atoms. The van der Waals surface area contributed by atoms with Crippen molar-refractivity contribution in [1.82, 2.24) is 5.32 Å². The Labute approximate surface area is 79.9 Å². The van der Waals surface area contributed by atoms with Gasteiger partial charge in [-0.2, -0.15) is 0 Å². The molecule has 12 heavy (non-hydrogen) atoms. The van der Waals surface area contributed by atoms with Gasteiger partial charge in [0.05, 0.1) is 13.2 Å². The van der Waals surface area contributed by atoms with Gasteiger partial charge in [0.2, 0.25) is 0 Å². The van der Waals surface area contributed by atoms with Crippen molar-refractivity contribution in [2.45, 2.75) is 20.3 Å². The summed E-state index contributed by atoms with van der Waals surface area (Å²) >= 11 is 5.46. The van der Waals surface area contributed by atoms with Crippen LogP contribution in [0.2, 0.25) is 0 Å². The molecule has 0 amide bonds. The Morgan fingerprint density at radius 3 is 2.83 bits per heavy atom. The standard InChI is InChI=1S/C9H18ClNO/c1-3-4-11-5-6-12-8-9(2)7-10/h7,11H,3-6,8H2,1-2H3. The van der Waals surface area contributed by atoms with Crippen molar-refractivity contribution in [3.8, 4) is 0 Å². The van der Waals surface area contributed by atoms with Gasteiger partial charge in [-0.3, -0.25) is 0 Å². The smallest absolute Gasteiger partial charge is 0.0686 e. The molecule has 0 spiro atoms. The van der Waals surface area contributed by atoms with Crippen LogP contribution >= 0.6 is 11.6 Å². The van der Waals surface area contributed by atoms with Crippen molar-refractivity contribution < 1.29 is 4.74 Å². The molecule has 0 rings (SSSR count). The molecular formula is C9H18ClNO. The summed E-state index contributed by atoms with van der Waals surface area (Å²) in [6.45, 7) is 7.47. The van der Waals surface area contributed by atoms with E-state index in [0.717, 1.165) is 25.3 Å². The Kier molecular flexibility index (Phi) is 9.00. The van der Waals surface area contributed by atoms with Gasteiger partial charge in [0.1, 0.15) is 0 Å². The molecule has 0 saturated heterocycles. The maximum atomic E-state index is 5.46. The van der Waals surface area contributed by atoms with Gasteiger partial charge in [-0.25, -0.2) is 0 Å². The van der Waals surface area contributed by atoms with Crippen LogP contribution in [0.15, 0.2) is 11.1 Å². The number of halogens is 1. The van der Waals surface area contributed by atoms with Crippen molar-refractivity contribution in [3.63, 3.8) is 0 Å². The van der Waals surface area contributed by atoms with Gasteiger partial charge >= 0.3 is 0 Å². The number of ether oxygens (including phenoxy) is 1. The molecule has 0 unspecified atom stereocenters. The fourth-order valence-corrected chi connectivity index (χ4v) is 0.774. The Balaban J connectivity index is 3.00. The molecule has 0 radical (unpaired) electrons. The van der Waals surface area contributed by atoms with Crippen LogP contribution in [-0.4, -0.2) is 26.3 Å². The summed E-state index contributed by atoms with van der Waals surface area (Å²) < 4.78 is 5.32. The van der Waals surface area contributed by atoms with E-state index in [1.807, 2.05) is 6.92 Å². The van der Waals surface area contributed by atoms with Crippen LogP contribution in [0.1, 0.15) is 20.3 Å². The van der Waals surface area contributed by atoms with Crippen LogP contribution in [0.25, 0.3) is 0 Å². The summed E-state index contributed by atoms with van der Waals surface area (Å²) in [6.07, 6.45) is 1.17. The molecule has 1 N–H and O–H groups in total. The summed E-state index contributed by atoms with van der Waals surface area (Å²) in [4.78, 5) is 0. The second-order valence-corrected chi connectivity index (χ2v) is 2.98. The Morgan fingerprint density at radius 2 is 2.25 bits per heavy atom. The van der Waals surface area contributed by atoms with Crippen molar-refractivity contribution in [3.05, 3.63) is 11.1 Å². The molecule has 0 aliphatic heterocycles. The van der Waals surface area contributed by atoms with Gasteiger partial charge in [0.25, 0.3) is 0 Å². The van der Waals surface area contributed by atoms with Gasteiger partial charge in [-0.05, 0) is 25.5 Å². The SMILES string of the molecule is CCCNCCOCC(C)=CCl. The third kappa shape index (κ3) is 8.05. The molecule has 0 fully saturated rings. The van der Waals surface area contributed by atoms with Gasteiger partial charge in [0, 0.05) is 12.1 Å². The van der Waals surface area contributed by atoms with Crippen LogP contribution in [0.3, 0.4) is 0 Å². The number of hydrogen-bond donors (Lipinski definition) is 1. The van der Waals surface area contributed by atoms with Gasteiger partial charge in [-0.15, -0.1) is 0 Å². The van der Waals surface area contributed by atoms with E-state index < -0.39 is 0 Å². The fraction of sp³-hybridized carbons (Fsp3) is 0.778. The zero-order chi connectivity index (χ0) is 9.23. The highest BCUT2D eigenvalue weighted by Gasteiger charge is 1.89. The maximum Gasteiger partial charge on any atom is 0.0686 e. The van der Waals surface area contributed by atoms with E-state index in [4.69, 9.17) is 16.3 Å². The van der Waals surface area contributed by atoms with E-state index in [1.54, 1.807) is 5.54 Å². The van der Waals surface area contributed by atoms with E-state index in [9.17, 15) is 0 Å². The zero-order valence-corrected chi connectivity index (χ0v) is 8.66. The molecule has 0 saturated carbocycles. The normalized spacial score (nSPS) is 12.1. The molecule has 2 nitrogen and oxygen atoms in total. The molecule has 0 aromatic heterocycles. The highest BCUT2D eigenvalue weighted by molar-refractivity contribution is 6.25. The summed E-state index contributed by atoms with van der Waals surface area (Å²) in [7, 11) is 0. The second-order valence-electron chi connectivity index (χ2n) is 2.76. The first-order valence-electron chi connectivity index (χ1n) is 4.35. The topological polar surface area (TPSA) is 21.3 Å². The Morgan fingerprint density at radius 1 is 1.50 bits per heavy atom. The minimum absolute atomic E-state index is 0.636. The van der Waals surface area contributed by atoms with Crippen molar-refractivity contribution >= 4 is 11.6 Å². The molecule has 0 aliphatic rings. The molecule has 3 heteroatoms.